The van der Waals surface area contributed by atoms with Gasteiger partial charge in [0.25, 0.3) is 0 Å². The molecule has 0 bridgehead atoms. The first kappa shape index (κ1) is 16.3. The number of aryl methyl sites for hydroxylation is 2. The van der Waals surface area contributed by atoms with Crippen molar-refractivity contribution in [2.24, 2.45) is 0 Å². The van der Waals surface area contributed by atoms with Gasteiger partial charge in [0.1, 0.15) is 0 Å². The zero-order chi connectivity index (χ0) is 11.6. The van der Waals surface area contributed by atoms with Gasteiger partial charge in [-0.1, -0.05) is 39.5 Å². The SMILES string of the molecule is CCC[c-]1cccc1.CCC[c-]1cccc1.[Ru+2]. The van der Waals surface area contributed by atoms with Crippen LogP contribution in [0.1, 0.15) is 37.8 Å². The van der Waals surface area contributed by atoms with Crippen molar-refractivity contribution in [2.75, 3.05) is 0 Å². The van der Waals surface area contributed by atoms with E-state index >= 15 is 0 Å². The minimum atomic E-state index is 0. The van der Waals surface area contributed by atoms with E-state index in [1.807, 2.05) is 0 Å². The van der Waals surface area contributed by atoms with Crippen LogP contribution in [0, 0.1) is 0 Å². The molecule has 0 spiro atoms. The average Bonchev–Trinajstić information content (AvgIpc) is 2.92. The molecule has 0 aliphatic heterocycles. The Morgan fingerprint density at radius 2 is 0.941 bits per heavy atom. The second-order valence-corrected chi connectivity index (χ2v) is 4.09. The Morgan fingerprint density at radius 3 is 1.18 bits per heavy atom. The third-order valence-corrected chi connectivity index (χ3v) is 2.54. The molecule has 0 amide bonds. The Balaban J connectivity index is 0.000000284. The molecule has 1 heteroatoms. The van der Waals surface area contributed by atoms with Gasteiger partial charge in [-0.2, -0.15) is 35.4 Å². The summed E-state index contributed by atoms with van der Waals surface area (Å²) in [5.41, 5.74) is 2.93. The fraction of sp³-hybridized carbons (Fsp3) is 0.375. The second kappa shape index (κ2) is 10.5. The van der Waals surface area contributed by atoms with Gasteiger partial charge in [-0.25, -0.2) is 24.3 Å². The van der Waals surface area contributed by atoms with Crippen LogP contribution in [0.4, 0.5) is 0 Å². The molecule has 0 aliphatic rings. The van der Waals surface area contributed by atoms with Gasteiger partial charge < -0.3 is 0 Å². The largest absolute Gasteiger partial charge is 2.00 e. The van der Waals surface area contributed by atoms with Crippen molar-refractivity contribution in [3.63, 3.8) is 0 Å². The molecule has 2 aromatic carbocycles. The van der Waals surface area contributed by atoms with E-state index in [2.05, 4.69) is 62.4 Å². The minimum absolute atomic E-state index is 0. The zero-order valence-electron chi connectivity index (χ0n) is 10.8. The molecule has 0 saturated carbocycles. The fourth-order valence-electron chi connectivity index (χ4n) is 1.74. The van der Waals surface area contributed by atoms with Crippen molar-refractivity contribution in [2.45, 2.75) is 39.5 Å². The van der Waals surface area contributed by atoms with Gasteiger partial charge in [-0.3, -0.25) is 0 Å². The smallest absolute Gasteiger partial charge is 0.213 e. The number of hydrogen-bond donors (Lipinski definition) is 0. The predicted molar refractivity (Wildman–Crippen MR) is 72.1 cm³/mol. The first-order chi connectivity index (χ1) is 7.86. The standard InChI is InChI=1S/2C8H11.Ru/c2*1-2-5-8-6-3-4-7-8;/h2*3-4,6-7H,2,5H2,1H3;/q2*-1;+2. The first-order valence-corrected chi connectivity index (χ1v) is 6.28. The average molecular weight is 315 g/mol. The maximum Gasteiger partial charge on any atom is 2.00 e. The van der Waals surface area contributed by atoms with E-state index in [0.717, 1.165) is 0 Å². The summed E-state index contributed by atoms with van der Waals surface area (Å²) in [6.45, 7) is 4.40. The summed E-state index contributed by atoms with van der Waals surface area (Å²) in [6, 6.07) is 17.0. The van der Waals surface area contributed by atoms with Crippen LogP contribution >= 0.6 is 0 Å². The maximum absolute atomic E-state index is 2.20. The van der Waals surface area contributed by atoms with E-state index in [1.165, 1.54) is 36.8 Å². The normalized spacial score (nSPS) is 9.06. The van der Waals surface area contributed by atoms with Crippen molar-refractivity contribution < 1.29 is 19.5 Å². The van der Waals surface area contributed by atoms with E-state index in [-0.39, 0.29) is 19.5 Å². The summed E-state index contributed by atoms with van der Waals surface area (Å²) in [7, 11) is 0. The van der Waals surface area contributed by atoms with Gasteiger partial charge >= 0.3 is 19.5 Å². The van der Waals surface area contributed by atoms with Crippen molar-refractivity contribution >= 4 is 0 Å². The molecule has 0 N–H and O–H groups in total. The molecule has 0 heterocycles. The summed E-state index contributed by atoms with van der Waals surface area (Å²) in [5.74, 6) is 0. The molecule has 2 rings (SSSR count). The van der Waals surface area contributed by atoms with Crippen LogP contribution in [0.3, 0.4) is 0 Å². The van der Waals surface area contributed by atoms with E-state index in [9.17, 15) is 0 Å². The van der Waals surface area contributed by atoms with Crippen molar-refractivity contribution in [1.82, 2.24) is 0 Å². The Labute approximate surface area is 119 Å². The van der Waals surface area contributed by atoms with Gasteiger partial charge in [0.15, 0.2) is 0 Å². The molecule has 0 aromatic heterocycles. The maximum atomic E-state index is 2.20. The third-order valence-electron chi connectivity index (χ3n) is 2.54. The number of hydrogen-bond acceptors (Lipinski definition) is 0. The monoisotopic (exact) mass is 316 g/mol. The Kier molecular flexibility index (Phi) is 10.1. The summed E-state index contributed by atoms with van der Waals surface area (Å²) in [4.78, 5) is 0. The molecule has 0 fully saturated rings. The van der Waals surface area contributed by atoms with Crippen molar-refractivity contribution in [3.05, 3.63) is 59.7 Å². The van der Waals surface area contributed by atoms with Crippen LogP contribution in [0.2, 0.25) is 0 Å². The fourth-order valence-corrected chi connectivity index (χ4v) is 1.74. The molecule has 17 heavy (non-hydrogen) atoms. The van der Waals surface area contributed by atoms with Gasteiger partial charge in [0, 0.05) is 0 Å². The minimum Gasteiger partial charge on any atom is -0.213 e. The first-order valence-electron chi connectivity index (χ1n) is 6.28. The van der Waals surface area contributed by atoms with E-state index in [0.29, 0.717) is 0 Å². The quantitative estimate of drug-likeness (QED) is 0.566. The molecule has 0 saturated heterocycles. The van der Waals surface area contributed by atoms with E-state index in [4.69, 9.17) is 0 Å². The predicted octanol–water partition coefficient (Wildman–Crippen LogP) is 4.71. The molecule has 0 radical (unpaired) electrons. The van der Waals surface area contributed by atoms with Crippen LogP contribution in [-0.2, 0) is 32.3 Å². The molecule has 0 atom stereocenters. The number of rotatable bonds is 4. The molecule has 94 valence electrons. The Hall–Kier alpha value is -0.677. The van der Waals surface area contributed by atoms with Gasteiger partial charge in [-0.05, 0) is 0 Å². The second-order valence-electron chi connectivity index (χ2n) is 4.09. The Morgan fingerprint density at radius 1 is 0.647 bits per heavy atom. The van der Waals surface area contributed by atoms with Crippen molar-refractivity contribution in [3.8, 4) is 0 Å². The van der Waals surface area contributed by atoms with Crippen molar-refractivity contribution in [1.29, 1.82) is 0 Å². The van der Waals surface area contributed by atoms with Crippen LogP contribution in [0.25, 0.3) is 0 Å². The van der Waals surface area contributed by atoms with Crippen LogP contribution < -0.4 is 0 Å². The van der Waals surface area contributed by atoms with Crippen LogP contribution in [-0.4, -0.2) is 0 Å². The molecule has 0 nitrogen and oxygen atoms in total. The van der Waals surface area contributed by atoms with E-state index in [1.54, 1.807) is 0 Å². The molecular weight excluding hydrogens is 293 g/mol. The summed E-state index contributed by atoms with van der Waals surface area (Å²) < 4.78 is 0. The molecule has 0 aliphatic carbocycles. The zero-order valence-corrected chi connectivity index (χ0v) is 12.5. The summed E-state index contributed by atoms with van der Waals surface area (Å²) in [5, 5.41) is 0. The molecule has 2 aromatic rings. The van der Waals surface area contributed by atoms with Gasteiger partial charge in [-0.15, -0.1) is 0 Å². The molecular formula is C16H22Ru. The van der Waals surface area contributed by atoms with Crippen LogP contribution in [0.5, 0.6) is 0 Å². The summed E-state index contributed by atoms with van der Waals surface area (Å²) >= 11 is 0. The molecule has 0 unspecified atom stereocenters. The van der Waals surface area contributed by atoms with Crippen LogP contribution in [0.15, 0.2) is 48.5 Å². The van der Waals surface area contributed by atoms with Gasteiger partial charge in [0.05, 0.1) is 0 Å². The van der Waals surface area contributed by atoms with E-state index < -0.39 is 0 Å². The van der Waals surface area contributed by atoms with Gasteiger partial charge in [0.2, 0.25) is 0 Å². The topological polar surface area (TPSA) is 0 Å². The third kappa shape index (κ3) is 7.28. The Bertz CT molecular complexity index is 293. The summed E-state index contributed by atoms with van der Waals surface area (Å²) in [6.07, 6.45) is 4.97.